The topological polar surface area (TPSA) is 26.8 Å². The molecule has 0 aromatic heterocycles. The van der Waals surface area contributed by atoms with Gasteiger partial charge in [0, 0.05) is 45.2 Å². The lowest BCUT2D eigenvalue weighted by Gasteiger charge is -2.55. The molecule has 0 N–H and O–H groups in total. The van der Waals surface area contributed by atoms with Gasteiger partial charge in [-0.2, -0.15) is 0 Å². The lowest BCUT2D eigenvalue weighted by atomic mass is 9.73. The van der Waals surface area contributed by atoms with E-state index in [0.717, 1.165) is 13.1 Å². The van der Waals surface area contributed by atoms with Gasteiger partial charge in [0.25, 0.3) is 0 Å². The number of rotatable bonds is 1. The van der Waals surface area contributed by atoms with E-state index in [1.807, 2.05) is 19.0 Å². The maximum atomic E-state index is 11.8. The fourth-order valence-electron chi connectivity index (χ4n) is 3.13. The second-order valence-corrected chi connectivity index (χ2v) is 6.20. The zero-order valence-corrected chi connectivity index (χ0v) is 11.6. The summed E-state index contributed by atoms with van der Waals surface area (Å²) in [6, 6.07) is 0.795. The van der Waals surface area contributed by atoms with Gasteiger partial charge in [0.1, 0.15) is 0 Å². The Morgan fingerprint density at radius 1 is 1.24 bits per heavy atom. The van der Waals surface area contributed by atoms with Crippen molar-refractivity contribution < 1.29 is 4.79 Å². The maximum absolute atomic E-state index is 11.8. The van der Waals surface area contributed by atoms with Crippen molar-refractivity contribution in [3.05, 3.63) is 0 Å². The summed E-state index contributed by atoms with van der Waals surface area (Å²) >= 11 is 0. The average molecular weight is 239 g/mol. The number of carbonyl (C=O) groups excluding carboxylic acids is 1. The van der Waals surface area contributed by atoms with Gasteiger partial charge < -0.3 is 14.7 Å². The molecule has 17 heavy (non-hydrogen) atoms. The Balaban J connectivity index is 1.90. The smallest absolute Gasteiger partial charge is 0.319 e. The van der Waals surface area contributed by atoms with Crippen LogP contribution < -0.4 is 0 Å². The van der Waals surface area contributed by atoms with E-state index in [4.69, 9.17) is 0 Å². The van der Waals surface area contributed by atoms with Gasteiger partial charge in [-0.1, -0.05) is 0 Å². The Labute approximate surface area is 105 Å². The van der Waals surface area contributed by atoms with E-state index < -0.39 is 0 Å². The molecule has 2 aliphatic heterocycles. The van der Waals surface area contributed by atoms with Gasteiger partial charge in [-0.15, -0.1) is 0 Å². The molecule has 0 atom stereocenters. The van der Waals surface area contributed by atoms with E-state index in [-0.39, 0.29) is 6.03 Å². The van der Waals surface area contributed by atoms with Crippen molar-refractivity contribution in [2.45, 2.75) is 32.7 Å². The number of hydrogen-bond donors (Lipinski definition) is 0. The zero-order chi connectivity index (χ0) is 12.6. The van der Waals surface area contributed by atoms with Crippen LogP contribution in [0.2, 0.25) is 0 Å². The minimum absolute atomic E-state index is 0.164. The highest BCUT2D eigenvalue weighted by atomic mass is 16.2. The number of amides is 2. The normalized spacial score (nSPS) is 23.9. The Morgan fingerprint density at radius 2 is 1.88 bits per heavy atom. The first kappa shape index (κ1) is 12.7. The lowest BCUT2D eigenvalue weighted by molar-refractivity contribution is -0.0432. The SMILES string of the molecule is CC(C)N1CCCC2(CN(C(=O)N(C)C)C2)C1. The molecule has 2 heterocycles. The van der Waals surface area contributed by atoms with Crippen LogP contribution in [0.25, 0.3) is 0 Å². The molecule has 0 aromatic carbocycles. The third-order valence-electron chi connectivity index (χ3n) is 4.13. The molecule has 2 aliphatic rings. The monoisotopic (exact) mass is 239 g/mol. The quantitative estimate of drug-likeness (QED) is 0.693. The van der Waals surface area contributed by atoms with E-state index in [1.54, 1.807) is 4.90 Å². The van der Waals surface area contributed by atoms with Crippen molar-refractivity contribution in [2.75, 3.05) is 40.3 Å². The number of likely N-dealkylation sites (tertiary alicyclic amines) is 2. The fourth-order valence-corrected chi connectivity index (χ4v) is 3.13. The standard InChI is InChI=1S/C13H25N3O/c1-11(2)15-7-5-6-13(8-15)9-16(10-13)12(17)14(3)4/h11H,5-10H2,1-4H3. The van der Waals surface area contributed by atoms with Crippen LogP contribution in [-0.2, 0) is 0 Å². The van der Waals surface area contributed by atoms with Crippen LogP contribution >= 0.6 is 0 Å². The highest BCUT2D eigenvalue weighted by Gasteiger charge is 2.47. The van der Waals surface area contributed by atoms with Crippen LogP contribution in [-0.4, -0.2) is 67.0 Å². The average Bonchev–Trinajstić information content (AvgIpc) is 2.24. The Bertz CT molecular complexity index is 295. The van der Waals surface area contributed by atoms with Crippen LogP contribution in [0.3, 0.4) is 0 Å². The number of urea groups is 1. The molecule has 2 rings (SSSR count). The summed E-state index contributed by atoms with van der Waals surface area (Å²) in [4.78, 5) is 18.0. The molecule has 4 heteroatoms. The number of nitrogens with zero attached hydrogens (tertiary/aromatic N) is 3. The van der Waals surface area contributed by atoms with Crippen LogP contribution in [0.5, 0.6) is 0 Å². The summed E-state index contributed by atoms with van der Waals surface area (Å²) in [5.74, 6) is 0. The summed E-state index contributed by atoms with van der Waals surface area (Å²) < 4.78 is 0. The molecular weight excluding hydrogens is 214 g/mol. The summed E-state index contributed by atoms with van der Waals surface area (Å²) in [6.45, 7) is 8.82. The van der Waals surface area contributed by atoms with E-state index in [0.29, 0.717) is 11.5 Å². The minimum Gasteiger partial charge on any atom is -0.331 e. The first-order valence-electron chi connectivity index (χ1n) is 6.64. The van der Waals surface area contributed by atoms with Crippen molar-refractivity contribution in [2.24, 2.45) is 5.41 Å². The Kier molecular flexibility index (Phi) is 3.34. The maximum Gasteiger partial charge on any atom is 0.319 e. The lowest BCUT2D eigenvalue weighted by Crippen LogP contribution is -2.66. The molecular formula is C13H25N3O. The summed E-state index contributed by atoms with van der Waals surface area (Å²) in [5, 5.41) is 0. The molecule has 4 nitrogen and oxygen atoms in total. The van der Waals surface area contributed by atoms with Gasteiger partial charge in [0.2, 0.25) is 0 Å². The highest BCUT2D eigenvalue weighted by molar-refractivity contribution is 5.75. The molecule has 0 radical (unpaired) electrons. The van der Waals surface area contributed by atoms with Crippen molar-refractivity contribution in [3.8, 4) is 0 Å². The molecule has 0 aliphatic carbocycles. The molecule has 1 spiro atoms. The summed E-state index contributed by atoms with van der Waals surface area (Å²) in [6.07, 6.45) is 2.57. The summed E-state index contributed by atoms with van der Waals surface area (Å²) in [7, 11) is 3.66. The number of carbonyl (C=O) groups is 1. The molecule has 0 bridgehead atoms. The fraction of sp³-hybridized carbons (Fsp3) is 0.923. The first-order chi connectivity index (χ1) is 7.93. The number of hydrogen-bond acceptors (Lipinski definition) is 2. The van der Waals surface area contributed by atoms with Crippen LogP contribution in [0.4, 0.5) is 4.79 Å². The Morgan fingerprint density at radius 3 is 2.41 bits per heavy atom. The second kappa shape index (κ2) is 4.48. The van der Waals surface area contributed by atoms with E-state index >= 15 is 0 Å². The molecule has 0 unspecified atom stereocenters. The van der Waals surface area contributed by atoms with Crippen molar-refractivity contribution >= 4 is 6.03 Å². The third kappa shape index (κ3) is 2.41. The van der Waals surface area contributed by atoms with Gasteiger partial charge in [0.15, 0.2) is 0 Å². The van der Waals surface area contributed by atoms with Crippen LogP contribution in [0, 0.1) is 5.41 Å². The van der Waals surface area contributed by atoms with E-state index in [2.05, 4.69) is 18.7 Å². The highest BCUT2D eigenvalue weighted by Crippen LogP contribution is 2.39. The third-order valence-corrected chi connectivity index (χ3v) is 4.13. The Hall–Kier alpha value is -0.770. The summed E-state index contributed by atoms with van der Waals surface area (Å²) in [5.41, 5.74) is 0.397. The van der Waals surface area contributed by atoms with Gasteiger partial charge in [-0.05, 0) is 33.2 Å². The molecule has 2 amide bonds. The van der Waals surface area contributed by atoms with E-state index in [9.17, 15) is 4.79 Å². The molecule has 2 saturated heterocycles. The van der Waals surface area contributed by atoms with Crippen molar-refractivity contribution in [1.82, 2.24) is 14.7 Å². The molecule has 0 saturated carbocycles. The van der Waals surface area contributed by atoms with Gasteiger partial charge in [-0.3, -0.25) is 0 Å². The van der Waals surface area contributed by atoms with Gasteiger partial charge in [-0.25, -0.2) is 4.79 Å². The first-order valence-corrected chi connectivity index (χ1v) is 6.64. The van der Waals surface area contributed by atoms with Crippen molar-refractivity contribution in [1.29, 1.82) is 0 Å². The predicted molar refractivity (Wildman–Crippen MR) is 69.0 cm³/mol. The minimum atomic E-state index is 0.164. The van der Waals surface area contributed by atoms with E-state index in [1.165, 1.54) is 25.9 Å². The zero-order valence-electron chi connectivity index (χ0n) is 11.6. The van der Waals surface area contributed by atoms with Crippen LogP contribution in [0.15, 0.2) is 0 Å². The molecule has 2 fully saturated rings. The molecule has 0 aromatic rings. The van der Waals surface area contributed by atoms with Gasteiger partial charge in [0.05, 0.1) is 0 Å². The second-order valence-electron chi connectivity index (χ2n) is 6.20. The van der Waals surface area contributed by atoms with Gasteiger partial charge >= 0.3 is 6.03 Å². The predicted octanol–water partition coefficient (Wildman–Crippen LogP) is 1.47. The van der Waals surface area contributed by atoms with Crippen LogP contribution in [0.1, 0.15) is 26.7 Å². The molecule has 98 valence electrons. The largest absolute Gasteiger partial charge is 0.331 e. The van der Waals surface area contributed by atoms with Crippen molar-refractivity contribution in [3.63, 3.8) is 0 Å². The number of piperidine rings is 1.